The number of fused-ring (bicyclic) bond motifs is 2. The van der Waals surface area contributed by atoms with Crippen molar-refractivity contribution in [2.24, 2.45) is 0 Å². The van der Waals surface area contributed by atoms with Gasteiger partial charge in [0.05, 0.1) is 11.1 Å². The van der Waals surface area contributed by atoms with E-state index < -0.39 is 0 Å². The molecule has 1 aliphatic carbocycles. The number of nitrogens with one attached hydrogen (secondary N) is 1. The zero-order valence-electron chi connectivity index (χ0n) is 16.9. The van der Waals surface area contributed by atoms with Crippen molar-refractivity contribution in [3.63, 3.8) is 0 Å². The number of hydrogen-bond acceptors (Lipinski definition) is 3. The second kappa shape index (κ2) is 8.03. The van der Waals surface area contributed by atoms with Gasteiger partial charge in [-0.15, -0.1) is 0 Å². The Hall–Kier alpha value is -3.21. The number of nitrogens with zero attached hydrogens (tertiary/aromatic N) is 2. The molecule has 29 heavy (non-hydrogen) atoms. The normalized spacial score (nSPS) is 12.6. The van der Waals surface area contributed by atoms with Crippen molar-refractivity contribution < 1.29 is 9.59 Å². The standard InChI is InChI=1S/C24H25N3O2/c1-3-27(4-2)24(29)16-12-14-17(15-13-16)25-23(28)22-18-8-5-6-10-20(18)26-21-11-7-9-19(21)22/h5-6,8,10,12-15H,3-4,7,9,11H2,1-2H3,(H,25,28). The molecule has 0 radical (unpaired) electrons. The molecule has 2 aromatic carbocycles. The minimum Gasteiger partial charge on any atom is -0.339 e. The minimum absolute atomic E-state index is 0.00539. The third kappa shape index (κ3) is 3.60. The lowest BCUT2D eigenvalue weighted by Gasteiger charge is -2.18. The van der Waals surface area contributed by atoms with Gasteiger partial charge in [-0.1, -0.05) is 18.2 Å². The molecule has 5 nitrogen and oxygen atoms in total. The van der Waals surface area contributed by atoms with Gasteiger partial charge < -0.3 is 10.2 Å². The van der Waals surface area contributed by atoms with Crippen molar-refractivity contribution in [2.75, 3.05) is 18.4 Å². The summed E-state index contributed by atoms with van der Waals surface area (Å²) < 4.78 is 0. The lowest BCUT2D eigenvalue weighted by molar-refractivity contribution is 0.0773. The number of aryl methyl sites for hydroxylation is 1. The molecule has 4 rings (SSSR count). The second-order valence-corrected chi connectivity index (χ2v) is 7.29. The zero-order valence-corrected chi connectivity index (χ0v) is 16.9. The molecule has 0 atom stereocenters. The smallest absolute Gasteiger partial charge is 0.256 e. The van der Waals surface area contributed by atoms with Crippen LogP contribution < -0.4 is 5.32 Å². The molecule has 0 saturated heterocycles. The molecular weight excluding hydrogens is 362 g/mol. The van der Waals surface area contributed by atoms with Gasteiger partial charge in [-0.3, -0.25) is 14.6 Å². The van der Waals surface area contributed by atoms with E-state index >= 15 is 0 Å². The highest BCUT2D eigenvalue weighted by Gasteiger charge is 2.23. The van der Waals surface area contributed by atoms with Crippen molar-refractivity contribution in [1.82, 2.24) is 9.88 Å². The third-order valence-electron chi connectivity index (χ3n) is 5.59. The molecule has 0 fully saturated rings. The molecular formula is C24H25N3O2. The second-order valence-electron chi connectivity index (χ2n) is 7.29. The van der Waals surface area contributed by atoms with Crippen molar-refractivity contribution in [3.8, 4) is 0 Å². The Labute approximate surface area is 170 Å². The molecule has 0 spiro atoms. The number of anilines is 1. The van der Waals surface area contributed by atoms with Gasteiger partial charge >= 0.3 is 0 Å². The number of carbonyl (C=O) groups excluding carboxylic acids is 2. The summed E-state index contributed by atoms with van der Waals surface area (Å²) in [5.74, 6) is -0.115. The first-order valence-corrected chi connectivity index (χ1v) is 10.2. The van der Waals surface area contributed by atoms with Gasteiger partial charge in [0.15, 0.2) is 0 Å². The summed E-state index contributed by atoms with van der Waals surface area (Å²) >= 11 is 0. The Morgan fingerprint density at radius 3 is 2.45 bits per heavy atom. The van der Waals surface area contributed by atoms with Crippen LogP contribution in [0.2, 0.25) is 0 Å². The van der Waals surface area contributed by atoms with Gasteiger partial charge in [-0.05, 0) is 69.0 Å². The summed E-state index contributed by atoms with van der Waals surface area (Å²) in [6.07, 6.45) is 2.83. The highest BCUT2D eigenvalue weighted by molar-refractivity contribution is 6.13. The first kappa shape index (κ1) is 19.1. The number of amides is 2. The fourth-order valence-electron chi connectivity index (χ4n) is 4.05. The Bertz CT molecular complexity index is 1070. The third-order valence-corrected chi connectivity index (χ3v) is 5.59. The molecule has 5 heteroatoms. The van der Waals surface area contributed by atoms with E-state index in [9.17, 15) is 9.59 Å². The van der Waals surface area contributed by atoms with Crippen molar-refractivity contribution in [1.29, 1.82) is 0 Å². The number of aromatic nitrogens is 1. The van der Waals surface area contributed by atoms with E-state index in [0.29, 0.717) is 24.3 Å². The topological polar surface area (TPSA) is 62.3 Å². The van der Waals surface area contributed by atoms with Crippen LogP contribution >= 0.6 is 0 Å². The van der Waals surface area contributed by atoms with Crippen LogP contribution in [0.3, 0.4) is 0 Å². The Kier molecular flexibility index (Phi) is 5.30. The molecule has 0 bridgehead atoms. The number of pyridine rings is 1. The minimum atomic E-state index is -0.121. The van der Waals surface area contributed by atoms with E-state index in [1.807, 2.05) is 38.1 Å². The van der Waals surface area contributed by atoms with E-state index in [2.05, 4.69) is 5.32 Å². The number of carbonyl (C=O) groups is 2. The van der Waals surface area contributed by atoms with E-state index in [-0.39, 0.29) is 11.8 Å². The fraction of sp³-hybridized carbons (Fsp3) is 0.292. The molecule has 0 unspecified atom stereocenters. The van der Waals surface area contributed by atoms with Crippen LogP contribution in [0.15, 0.2) is 48.5 Å². The summed E-state index contributed by atoms with van der Waals surface area (Å²) in [5.41, 5.74) is 4.99. The number of hydrogen-bond donors (Lipinski definition) is 1. The quantitative estimate of drug-likeness (QED) is 0.703. The molecule has 0 saturated carbocycles. The maximum atomic E-state index is 13.2. The molecule has 3 aromatic rings. The highest BCUT2D eigenvalue weighted by Crippen LogP contribution is 2.30. The summed E-state index contributed by atoms with van der Waals surface area (Å²) in [4.78, 5) is 32.2. The molecule has 1 aromatic heterocycles. The Balaban J connectivity index is 1.62. The van der Waals surface area contributed by atoms with E-state index in [1.54, 1.807) is 29.2 Å². The molecule has 1 aliphatic rings. The van der Waals surface area contributed by atoms with Crippen molar-refractivity contribution in [2.45, 2.75) is 33.1 Å². The molecule has 1 heterocycles. The number of benzene rings is 2. The summed E-state index contributed by atoms with van der Waals surface area (Å²) in [6, 6.07) is 14.9. The zero-order chi connectivity index (χ0) is 20.4. The highest BCUT2D eigenvalue weighted by atomic mass is 16.2. The molecule has 2 amide bonds. The molecule has 0 aliphatic heterocycles. The average molecular weight is 387 g/mol. The SMILES string of the molecule is CCN(CC)C(=O)c1ccc(NC(=O)c2c3c(nc4ccccc24)CCC3)cc1. The van der Waals surface area contributed by atoms with Gasteiger partial charge in [0, 0.05) is 35.4 Å². The predicted octanol–water partition coefficient (Wildman–Crippen LogP) is 4.46. The van der Waals surface area contributed by atoms with Crippen LogP contribution in [0, 0.1) is 0 Å². The average Bonchev–Trinajstić information content (AvgIpc) is 3.21. The molecule has 1 N–H and O–H groups in total. The van der Waals surface area contributed by atoms with Crippen LogP contribution in [-0.4, -0.2) is 34.8 Å². The molecule has 148 valence electrons. The Morgan fingerprint density at radius 1 is 1.00 bits per heavy atom. The van der Waals surface area contributed by atoms with Gasteiger partial charge in [-0.2, -0.15) is 0 Å². The summed E-state index contributed by atoms with van der Waals surface area (Å²) in [6.45, 7) is 5.28. The number of rotatable bonds is 5. The van der Waals surface area contributed by atoms with Gasteiger partial charge in [0.2, 0.25) is 0 Å². The predicted molar refractivity (Wildman–Crippen MR) is 115 cm³/mol. The van der Waals surface area contributed by atoms with Gasteiger partial charge in [-0.25, -0.2) is 0 Å². The van der Waals surface area contributed by atoms with Crippen LogP contribution in [0.25, 0.3) is 10.9 Å². The van der Waals surface area contributed by atoms with Crippen molar-refractivity contribution in [3.05, 3.63) is 70.9 Å². The maximum absolute atomic E-state index is 13.2. The van der Waals surface area contributed by atoms with E-state index in [4.69, 9.17) is 4.98 Å². The van der Waals surface area contributed by atoms with E-state index in [0.717, 1.165) is 47.0 Å². The Morgan fingerprint density at radius 2 is 1.72 bits per heavy atom. The van der Waals surface area contributed by atoms with Crippen LogP contribution in [0.5, 0.6) is 0 Å². The van der Waals surface area contributed by atoms with Crippen molar-refractivity contribution >= 4 is 28.4 Å². The summed E-state index contributed by atoms with van der Waals surface area (Å²) in [7, 11) is 0. The van der Waals surface area contributed by atoms with Crippen LogP contribution in [-0.2, 0) is 12.8 Å². The first-order chi connectivity index (χ1) is 14.1. The summed E-state index contributed by atoms with van der Waals surface area (Å²) in [5, 5.41) is 3.90. The lowest BCUT2D eigenvalue weighted by atomic mass is 10.0. The maximum Gasteiger partial charge on any atom is 0.256 e. The number of para-hydroxylation sites is 1. The van der Waals surface area contributed by atoms with Gasteiger partial charge in [0.1, 0.15) is 0 Å². The monoisotopic (exact) mass is 387 g/mol. The van der Waals surface area contributed by atoms with Crippen LogP contribution in [0.4, 0.5) is 5.69 Å². The lowest BCUT2D eigenvalue weighted by Crippen LogP contribution is -2.30. The van der Waals surface area contributed by atoms with E-state index in [1.165, 1.54) is 0 Å². The van der Waals surface area contributed by atoms with Gasteiger partial charge in [0.25, 0.3) is 11.8 Å². The largest absolute Gasteiger partial charge is 0.339 e. The van der Waals surface area contributed by atoms with Crippen LogP contribution in [0.1, 0.15) is 52.2 Å². The fourth-order valence-corrected chi connectivity index (χ4v) is 4.05. The first-order valence-electron chi connectivity index (χ1n) is 10.2.